The van der Waals surface area contributed by atoms with Gasteiger partial charge in [0, 0.05) is 4.32 Å². The van der Waals surface area contributed by atoms with Crippen LogP contribution in [0.1, 0.15) is 13.3 Å². The van der Waals surface area contributed by atoms with Gasteiger partial charge in [-0.2, -0.15) is 0 Å². The maximum absolute atomic E-state index is 10.1. The van der Waals surface area contributed by atoms with Crippen molar-refractivity contribution < 1.29 is 9.90 Å². The first-order valence-corrected chi connectivity index (χ1v) is 3.25. The first-order valence-electron chi connectivity index (χ1n) is 2.46. The van der Waals surface area contributed by atoms with Crippen LogP contribution in [-0.4, -0.2) is 15.4 Å². The van der Waals surface area contributed by atoms with Crippen LogP contribution >= 0.6 is 15.9 Å². The zero-order valence-corrected chi connectivity index (χ0v) is 6.10. The largest absolute Gasteiger partial charge is 0.481 e. The second-order valence-corrected chi connectivity index (χ2v) is 4.18. The lowest BCUT2D eigenvalue weighted by atomic mass is 10.3. The van der Waals surface area contributed by atoms with E-state index in [-0.39, 0.29) is 10.2 Å². The van der Waals surface area contributed by atoms with Crippen LogP contribution < -0.4 is 0 Å². The molecule has 0 aromatic carbocycles. The lowest BCUT2D eigenvalue weighted by Gasteiger charge is -1.92. The first-order chi connectivity index (χ1) is 3.54. The van der Waals surface area contributed by atoms with Crippen molar-refractivity contribution in [3.05, 3.63) is 0 Å². The highest BCUT2D eigenvalue weighted by Crippen LogP contribution is 2.50. The Kier molecular flexibility index (Phi) is 1.11. The highest BCUT2D eigenvalue weighted by molar-refractivity contribution is 9.10. The molecule has 0 saturated heterocycles. The zero-order chi connectivity index (χ0) is 6.36. The van der Waals surface area contributed by atoms with Crippen molar-refractivity contribution in [2.75, 3.05) is 0 Å². The molecular weight excluding hydrogens is 172 g/mol. The predicted octanol–water partition coefficient (Wildman–Crippen LogP) is 1.24. The van der Waals surface area contributed by atoms with Gasteiger partial charge in [0.2, 0.25) is 0 Å². The molecule has 0 unspecified atom stereocenters. The summed E-state index contributed by atoms with van der Waals surface area (Å²) < 4.78 is -0.0984. The molecule has 1 saturated carbocycles. The van der Waals surface area contributed by atoms with Crippen molar-refractivity contribution in [1.29, 1.82) is 0 Å². The molecule has 0 spiro atoms. The molecule has 8 heavy (non-hydrogen) atoms. The maximum Gasteiger partial charge on any atom is 0.307 e. The molecule has 0 aromatic heterocycles. The summed E-state index contributed by atoms with van der Waals surface area (Å²) in [5.41, 5.74) is 0. The molecule has 0 heterocycles. The first kappa shape index (κ1) is 6.08. The van der Waals surface area contributed by atoms with E-state index in [9.17, 15) is 4.79 Å². The van der Waals surface area contributed by atoms with E-state index < -0.39 is 5.97 Å². The average Bonchev–Trinajstić information content (AvgIpc) is 2.13. The van der Waals surface area contributed by atoms with E-state index in [1.165, 1.54) is 0 Å². The Bertz CT molecular complexity index is 130. The minimum Gasteiger partial charge on any atom is -0.481 e. The molecule has 2 nitrogen and oxygen atoms in total. The van der Waals surface area contributed by atoms with E-state index in [1.807, 2.05) is 6.92 Å². The molecule has 1 aliphatic carbocycles. The smallest absolute Gasteiger partial charge is 0.307 e. The Morgan fingerprint density at radius 1 is 2.00 bits per heavy atom. The monoisotopic (exact) mass is 178 g/mol. The van der Waals surface area contributed by atoms with Crippen molar-refractivity contribution >= 4 is 21.9 Å². The number of carbonyl (C=O) groups is 1. The van der Waals surface area contributed by atoms with Crippen LogP contribution in [0.15, 0.2) is 0 Å². The van der Waals surface area contributed by atoms with Gasteiger partial charge in [-0.1, -0.05) is 15.9 Å². The summed E-state index contributed by atoms with van der Waals surface area (Å²) in [5.74, 6) is -0.841. The molecule has 0 bridgehead atoms. The molecule has 0 aliphatic heterocycles. The molecule has 0 aromatic rings. The lowest BCUT2D eigenvalue weighted by Crippen LogP contribution is -2.04. The van der Waals surface area contributed by atoms with Crippen molar-refractivity contribution in [2.45, 2.75) is 17.7 Å². The Morgan fingerprint density at radius 2 is 2.38 bits per heavy atom. The highest BCUT2D eigenvalue weighted by Gasteiger charge is 2.53. The van der Waals surface area contributed by atoms with E-state index in [4.69, 9.17) is 5.11 Å². The summed E-state index contributed by atoms with van der Waals surface area (Å²) in [6.07, 6.45) is 0.766. The van der Waals surface area contributed by atoms with Crippen LogP contribution in [0.2, 0.25) is 0 Å². The van der Waals surface area contributed by atoms with Crippen LogP contribution in [0.3, 0.4) is 0 Å². The number of alkyl halides is 1. The minimum atomic E-state index is -0.690. The van der Waals surface area contributed by atoms with E-state index >= 15 is 0 Å². The van der Waals surface area contributed by atoms with E-state index in [2.05, 4.69) is 15.9 Å². The van der Waals surface area contributed by atoms with Crippen LogP contribution in [0.5, 0.6) is 0 Å². The van der Waals surface area contributed by atoms with Gasteiger partial charge in [-0.25, -0.2) is 0 Å². The third-order valence-electron chi connectivity index (χ3n) is 1.47. The predicted molar refractivity (Wildman–Crippen MR) is 33.1 cm³/mol. The van der Waals surface area contributed by atoms with Gasteiger partial charge in [0.1, 0.15) is 0 Å². The van der Waals surface area contributed by atoms with Crippen LogP contribution in [0.25, 0.3) is 0 Å². The molecule has 0 radical (unpaired) electrons. The zero-order valence-electron chi connectivity index (χ0n) is 4.52. The molecule has 0 amide bonds. The van der Waals surface area contributed by atoms with Gasteiger partial charge in [0.15, 0.2) is 0 Å². The number of rotatable bonds is 1. The molecule has 2 atom stereocenters. The summed E-state index contributed by atoms with van der Waals surface area (Å²) in [6.45, 7) is 1.89. The maximum atomic E-state index is 10.1. The van der Waals surface area contributed by atoms with Crippen molar-refractivity contribution in [2.24, 2.45) is 5.92 Å². The SMILES string of the molecule is C[C@]1(Br)C[C@H]1C(=O)O. The third-order valence-corrected chi connectivity index (χ3v) is 2.34. The number of carboxylic acid groups (broad SMARTS) is 1. The summed E-state index contributed by atoms with van der Waals surface area (Å²) in [5, 5.41) is 8.36. The molecule has 46 valence electrons. The normalized spacial score (nSPS) is 44.0. The van der Waals surface area contributed by atoms with Crippen LogP contribution in [0.4, 0.5) is 0 Å². The Morgan fingerprint density at radius 3 is 2.38 bits per heavy atom. The Balaban J connectivity index is 2.48. The lowest BCUT2D eigenvalue weighted by molar-refractivity contribution is -0.138. The van der Waals surface area contributed by atoms with Gasteiger partial charge >= 0.3 is 5.97 Å². The average molecular weight is 179 g/mol. The number of halogens is 1. The fourth-order valence-electron chi connectivity index (χ4n) is 0.685. The van der Waals surface area contributed by atoms with E-state index in [1.54, 1.807) is 0 Å². The van der Waals surface area contributed by atoms with E-state index in [0.29, 0.717) is 0 Å². The van der Waals surface area contributed by atoms with Gasteiger partial charge in [0.05, 0.1) is 5.92 Å². The number of hydrogen-bond donors (Lipinski definition) is 1. The summed E-state index contributed by atoms with van der Waals surface area (Å²) in [4.78, 5) is 10.1. The second kappa shape index (κ2) is 1.47. The molecular formula is C5H7BrO2. The van der Waals surface area contributed by atoms with Crippen LogP contribution in [0, 0.1) is 5.92 Å². The molecule has 1 N–H and O–H groups in total. The second-order valence-electron chi connectivity index (χ2n) is 2.37. The fourth-order valence-corrected chi connectivity index (χ4v) is 1.20. The van der Waals surface area contributed by atoms with Gasteiger partial charge in [-0.15, -0.1) is 0 Å². The number of hydrogen-bond acceptors (Lipinski definition) is 1. The number of carboxylic acids is 1. The highest BCUT2D eigenvalue weighted by atomic mass is 79.9. The van der Waals surface area contributed by atoms with Gasteiger partial charge < -0.3 is 5.11 Å². The topological polar surface area (TPSA) is 37.3 Å². The van der Waals surface area contributed by atoms with Crippen molar-refractivity contribution in [1.82, 2.24) is 0 Å². The van der Waals surface area contributed by atoms with Crippen molar-refractivity contribution in [3.8, 4) is 0 Å². The quantitative estimate of drug-likeness (QED) is 0.615. The van der Waals surface area contributed by atoms with Gasteiger partial charge in [-0.05, 0) is 13.3 Å². The standard InChI is InChI=1S/C5H7BrO2/c1-5(6)2-3(5)4(7)8/h3H,2H2,1H3,(H,7,8)/t3-,5-/m0/s1. The Hall–Kier alpha value is -0.0500. The summed E-state index contributed by atoms with van der Waals surface area (Å²) in [7, 11) is 0. The molecule has 3 heteroatoms. The number of aliphatic carboxylic acids is 1. The van der Waals surface area contributed by atoms with Gasteiger partial charge in [0.25, 0.3) is 0 Å². The van der Waals surface area contributed by atoms with E-state index in [0.717, 1.165) is 6.42 Å². The van der Waals surface area contributed by atoms with Gasteiger partial charge in [-0.3, -0.25) is 4.79 Å². The van der Waals surface area contributed by atoms with Crippen molar-refractivity contribution in [3.63, 3.8) is 0 Å². The molecule has 1 aliphatic rings. The Labute approximate surface area is 56.0 Å². The molecule has 1 fully saturated rings. The van der Waals surface area contributed by atoms with Crippen LogP contribution in [-0.2, 0) is 4.79 Å². The molecule has 1 rings (SSSR count). The summed E-state index contributed by atoms with van der Waals surface area (Å²) >= 11 is 3.27. The minimum absolute atomic E-state index is 0.0984. The summed E-state index contributed by atoms with van der Waals surface area (Å²) in [6, 6.07) is 0. The third kappa shape index (κ3) is 0.869. The fraction of sp³-hybridized carbons (Fsp3) is 0.800.